The summed E-state index contributed by atoms with van der Waals surface area (Å²) in [5.74, 6) is -1.85. The third-order valence-corrected chi connectivity index (χ3v) is 15.1. The van der Waals surface area contributed by atoms with Crippen molar-refractivity contribution in [2.75, 3.05) is 0 Å². The molecule has 0 aromatic heterocycles. The summed E-state index contributed by atoms with van der Waals surface area (Å²) in [5.41, 5.74) is 0. The molecular weight excluding hydrogens is 961 g/mol. The van der Waals surface area contributed by atoms with Crippen LogP contribution in [0.3, 0.4) is 0 Å². The van der Waals surface area contributed by atoms with Gasteiger partial charge in [-0.05, 0) is 89.9 Å². The van der Waals surface area contributed by atoms with E-state index in [0.717, 1.165) is 128 Å². The Morgan fingerprint density at radius 2 is 0.413 bits per heavy atom. The van der Waals surface area contributed by atoms with E-state index in [1.54, 1.807) is 0 Å². The fraction of sp³-hybridized carbons (Fsp3) is 0.939. The van der Waals surface area contributed by atoms with E-state index in [2.05, 4.69) is 27.7 Å². The Balaban J connectivity index is -0.00000136. The molecular formula is C66H126CaO8. The van der Waals surface area contributed by atoms with Crippen LogP contribution in [0, 0.1) is 0 Å². The Hall–Kier alpha value is -0.860. The van der Waals surface area contributed by atoms with Crippen LogP contribution in [-0.4, -0.2) is 73.8 Å². The van der Waals surface area contributed by atoms with Gasteiger partial charge in [-0.15, -0.1) is 0 Å². The number of hydrogen-bond donors (Lipinski definition) is 0. The Labute approximate surface area is 496 Å². The molecule has 0 aliphatic carbocycles. The molecule has 0 aromatic rings. The minimum absolute atomic E-state index is 0. The Morgan fingerprint density at radius 3 is 0.600 bits per heavy atom. The molecule has 2 atom stereocenters. The summed E-state index contributed by atoms with van der Waals surface area (Å²) in [6, 6.07) is 0. The van der Waals surface area contributed by atoms with Crippen LogP contribution in [0.5, 0.6) is 0 Å². The normalized spacial score (nSPS) is 11.9. The maximum absolute atomic E-state index is 12.5. The summed E-state index contributed by atoms with van der Waals surface area (Å²) in [4.78, 5) is 45.9. The van der Waals surface area contributed by atoms with Crippen LogP contribution in [0.25, 0.3) is 0 Å². The van der Waals surface area contributed by atoms with Gasteiger partial charge < -0.3 is 29.3 Å². The summed E-state index contributed by atoms with van der Waals surface area (Å²) in [7, 11) is 0. The van der Waals surface area contributed by atoms with Gasteiger partial charge >= 0.3 is 49.7 Å². The molecule has 9 heteroatoms. The van der Waals surface area contributed by atoms with Crippen LogP contribution in [0.15, 0.2) is 0 Å². The van der Waals surface area contributed by atoms with Gasteiger partial charge in [0.15, 0.2) is 0 Å². The molecule has 0 amide bonds. The zero-order valence-electron chi connectivity index (χ0n) is 50.7. The molecule has 0 rings (SSSR count). The monoisotopic (exact) mass is 1090 g/mol. The average Bonchev–Trinajstić information content (AvgIpc) is 3.37. The zero-order valence-corrected chi connectivity index (χ0v) is 52.9. The molecule has 0 radical (unpaired) electrons. The topological polar surface area (TPSA) is 133 Å². The van der Waals surface area contributed by atoms with Gasteiger partial charge in [-0.1, -0.05) is 285 Å². The van der Waals surface area contributed by atoms with Gasteiger partial charge in [-0.25, -0.2) is 0 Å². The van der Waals surface area contributed by atoms with Crippen molar-refractivity contribution >= 4 is 61.6 Å². The third-order valence-electron chi connectivity index (χ3n) is 15.1. The number of ether oxygens (including phenoxy) is 2. The number of esters is 2. The molecule has 0 bridgehead atoms. The molecule has 0 saturated heterocycles. The molecule has 0 aliphatic heterocycles. The summed E-state index contributed by atoms with van der Waals surface area (Å²) in [6.45, 7) is 9.02. The predicted molar refractivity (Wildman–Crippen MR) is 317 cm³/mol. The first-order valence-electron chi connectivity index (χ1n) is 33.0. The van der Waals surface area contributed by atoms with E-state index in [-0.39, 0.29) is 74.7 Å². The minimum Gasteiger partial charge on any atom is -0.550 e. The Morgan fingerprint density at radius 1 is 0.253 bits per heavy atom. The first-order valence-corrected chi connectivity index (χ1v) is 33.0. The second-order valence-corrected chi connectivity index (χ2v) is 22.7. The number of carboxylic acid groups (broad SMARTS) is 2. The molecule has 8 nitrogen and oxygen atoms in total. The van der Waals surface area contributed by atoms with Crippen molar-refractivity contribution < 1.29 is 38.9 Å². The molecule has 2 unspecified atom stereocenters. The summed E-state index contributed by atoms with van der Waals surface area (Å²) in [5, 5.41) is 20.9. The quantitative estimate of drug-likeness (QED) is 0.0334. The van der Waals surface area contributed by atoms with E-state index in [1.165, 1.54) is 205 Å². The van der Waals surface area contributed by atoms with Crippen molar-refractivity contribution in [3.63, 3.8) is 0 Å². The Bertz CT molecular complexity index is 1080. The van der Waals surface area contributed by atoms with Gasteiger partial charge in [-0.2, -0.15) is 0 Å². The largest absolute Gasteiger partial charge is 2.00 e. The van der Waals surface area contributed by atoms with Crippen molar-refractivity contribution in [2.24, 2.45) is 0 Å². The van der Waals surface area contributed by atoms with Crippen molar-refractivity contribution in [1.29, 1.82) is 0 Å². The van der Waals surface area contributed by atoms with Gasteiger partial charge in [0.1, 0.15) is 12.2 Å². The van der Waals surface area contributed by atoms with E-state index < -0.39 is 11.9 Å². The van der Waals surface area contributed by atoms with E-state index >= 15 is 0 Å². The SMILES string of the molecule is CCCCCCCCCCCCCCC(=O)OC(CCCCCCC)CCCCCCCCCC(=O)[O-].CCCCCCCCCCCCCCC(=O)OC(CCCCCCC)CCCCCCCCCC(=O)[O-].[Ca+2]. The number of rotatable bonds is 60. The number of carbonyl (C=O) groups excluding carboxylic acids is 4. The van der Waals surface area contributed by atoms with Crippen LogP contribution >= 0.6 is 0 Å². The Kier molecular flexibility index (Phi) is 70.4. The van der Waals surface area contributed by atoms with Crippen molar-refractivity contribution in [2.45, 2.75) is 399 Å². The molecule has 0 fully saturated rings. The van der Waals surface area contributed by atoms with Crippen LogP contribution in [0.2, 0.25) is 0 Å². The molecule has 0 spiro atoms. The predicted octanol–water partition coefficient (Wildman–Crippen LogP) is 18.8. The fourth-order valence-corrected chi connectivity index (χ4v) is 10.2. The first kappa shape index (κ1) is 78.4. The number of aliphatic carboxylic acids is 2. The standard InChI is InChI=1S/2C33H64O4.Ca/c2*1-3-5-7-9-10-11-12-13-14-18-22-26-30-33(36)37-31(27-23-19-8-6-4-2)28-24-20-16-15-17-21-25-29-32(34)35;/h2*31H,3-30H2,1-2H3,(H,34,35);/q;;+2/p-2. The summed E-state index contributed by atoms with van der Waals surface area (Å²) >= 11 is 0. The van der Waals surface area contributed by atoms with Crippen molar-refractivity contribution in [3.05, 3.63) is 0 Å². The second kappa shape index (κ2) is 67.4. The number of carbonyl (C=O) groups is 4. The summed E-state index contributed by atoms with van der Waals surface area (Å²) < 4.78 is 11.9. The van der Waals surface area contributed by atoms with Crippen LogP contribution in [-0.2, 0) is 28.7 Å². The molecule has 0 aromatic carbocycles. The van der Waals surface area contributed by atoms with E-state index in [4.69, 9.17) is 9.47 Å². The molecule has 75 heavy (non-hydrogen) atoms. The van der Waals surface area contributed by atoms with Gasteiger partial charge in [0.05, 0.1) is 0 Å². The fourth-order valence-electron chi connectivity index (χ4n) is 10.2. The molecule has 0 saturated carbocycles. The molecule has 0 N–H and O–H groups in total. The smallest absolute Gasteiger partial charge is 0.550 e. The minimum atomic E-state index is -0.936. The van der Waals surface area contributed by atoms with E-state index in [1.807, 2.05) is 0 Å². The number of carboxylic acids is 2. The van der Waals surface area contributed by atoms with E-state index in [0.29, 0.717) is 12.8 Å². The summed E-state index contributed by atoms with van der Waals surface area (Å²) in [6.07, 6.45) is 64.5. The average molecular weight is 1090 g/mol. The van der Waals surface area contributed by atoms with Gasteiger partial charge in [-0.3, -0.25) is 9.59 Å². The van der Waals surface area contributed by atoms with Gasteiger partial charge in [0, 0.05) is 24.8 Å². The maximum atomic E-state index is 12.5. The van der Waals surface area contributed by atoms with Crippen LogP contribution in [0.1, 0.15) is 387 Å². The zero-order chi connectivity index (χ0) is 54.5. The first-order chi connectivity index (χ1) is 36.2. The van der Waals surface area contributed by atoms with E-state index in [9.17, 15) is 29.4 Å². The molecule has 0 aliphatic rings. The molecule has 440 valence electrons. The number of hydrogen-bond acceptors (Lipinski definition) is 8. The van der Waals surface area contributed by atoms with Gasteiger partial charge in [0.25, 0.3) is 0 Å². The van der Waals surface area contributed by atoms with Crippen LogP contribution in [0.4, 0.5) is 0 Å². The molecule has 0 heterocycles. The van der Waals surface area contributed by atoms with Crippen molar-refractivity contribution in [1.82, 2.24) is 0 Å². The third kappa shape index (κ3) is 69.2. The van der Waals surface area contributed by atoms with Crippen molar-refractivity contribution in [3.8, 4) is 0 Å². The second-order valence-electron chi connectivity index (χ2n) is 22.7. The van der Waals surface area contributed by atoms with Crippen LogP contribution < -0.4 is 10.2 Å². The maximum Gasteiger partial charge on any atom is 2.00 e. The number of unbranched alkanes of at least 4 members (excludes halogenated alkanes) is 42. The van der Waals surface area contributed by atoms with Gasteiger partial charge in [0.2, 0.25) is 0 Å².